The highest BCUT2D eigenvalue weighted by Crippen LogP contribution is 2.28. The molecule has 1 atom stereocenters. The first kappa shape index (κ1) is 13.0. The Labute approximate surface area is 123 Å². The van der Waals surface area contributed by atoms with Crippen molar-refractivity contribution in [2.45, 2.75) is 26.1 Å². The second-order valence-electron chi connectivity index (χ2n) is 5.00. The summed E-state index contributed by atoms with van der Waals surface area (Å²) in [4.78, 5) is 3.76. The molecule has 1 aromatic carbocycles. The summed E-state index contributed by atoms with van der Waals surface area (Å²) in [6, 6.07) is 13.2. The highest BCUT2D eigenvalue weighted by atomic mass is 35.5. The predicted octanol–water partition coefficient (Wildman–Crippen LogP) is 3.90. The first-order valence-corrected chi connectivity index (χ1v) is 7.72. The lowest BCUT2D eigenvalue weighted by molar-refractivity contribution is 0.553. The number of hydrogen-bond acceptors (Lipinski definition) is 3. The zero-order valence-electron chi connectivity index (χ0n) is 10.9. The number of thiophene rings is 1. The maximum absolute atomic E-state index is 6.03. The summed E-state index contributed by atoms with van der Waals surface area (Å²) in [6.45, 7) is 5.13. The standard InChI is InChI=1S/C15H17ClN2S/c1-11-9-18(10-13-6-7-15(16)19-13)14-5-3-2-4-12(14)8-17-11/h2-7,11,17H,8-10H2,1H3. The molecule has 1 N–H and O–H groups in total. The zero-order valence-corrected chi connectivity index (χ0v) is 12.5. The molecule has 0 bridgehead atoms. The van der Waals surface area contributed by atoms with Crippen LogP contribution >= 0.6 is 22.9 Å². The van der Waals surface area contributed by atoms with Gasteiger partial charge in [-0.05, 0) is 30.7 Å². The van der Waals surface area contributed by atoms with Crippen molar-refractivity contribution >= 4 is 28.6 Å². The van der Waals surface area contributed by atoms with Gasteiger partial charge in [-0.3, -0.25) is 0 Å². The van der Waals surface area contributed by atoms with Crippen molar-refractivity contribution < 1.29 is 0 Å². The molecule has 2 nitrogen and oxygen atoms in total. The van der Waals surface area contributed by atoms with Gasteiger partial charge in [0.2, 0.25) is 0 Å². The maximum atomic E-state index is 6.03. The quantitative estimate of drug-likeness (QED) is 0.903. The minimum absolute atomic E-state index is 0.489. The van der Waals surface area contributed by atoms with Gasteiger partial charge in [0.25, 0.3) is 0 Å². The predicted molar refractivity (Wildman–Crippen MR) is 83.1 cm³/mol. The fraction of sp³-hybridized carbons (Fsp3) is 0.333. The molecular weight excluding hydrogens is 276 g/mol. The van der Waals surface area contributed by atoms with Crippen LogP contribution in [0.4, 0.5) is 5.69 Å². The third-order valence-electron chi connectivity index (χ3n) is 3.44. The number of anilines is 1. The van der Waals surface area contributed by atoms with Gasteiger partial charge in [0.05, 0.1) is 10.9 Å². The number of hydrogen-bond donors (Lipinski definition) is 1. The van der Waals surface area contributed by atoms with E-state index in [0.717, 1.165) is 24.0 Å². The minimum atomic E-state index is 0.489. The topological polar surface area (TPSA) is 15.3 Å². The van der Waals surface area contributed by atoms with E-state index >= 15 is 0 Å². The first-order chi connectivity index (χ1) is 9.22. The number of para-hydroxylation sites is 1. The SMILES string of the molecule is CC1CN(Cc2ccc(Cl)s2)c2ccccc2CN1. The molecule has 0 amide bonds. The lowest BCUT2D eigenvalue weighted by atomic mass is 10.1. The highest BCUT2D eigenvalue weighted by molar-refractivity contribution is 7.16. The molecule has 0 saturated heterocycles. The maximum Gasteiger partial charge on any atom is 0.0931 e. The van der Waals surface area contributed by atoms with E-state index in [-0.39, 0.29) is 0 Å². The smallest absolute Gasteiger partial charge is 0.0931 e. The molecule has 1 aliphatic rings. The second-order valence-corrected chi connectivity index (χ2v) is 6.80. The lowest BCUT2D eigenvalue weighted by Gasteiger charge is -2.25. The molecule has 2 aromatic rings. The Morgan fingerprint density at radius 1 is 1.32 bits per heavy atom. The van der Waals surface area contributed by atoms with Gasteiger partial charge < -0.3 is 10.2 Å². The molecule has 0 fully saturated rings. The summed E-state index contributed by atoms with van der Waals surface area (Å²) in [7, 11) is 0. The summed E-state index contributed by atoms with van der Waals surface area (Å²) in [5.41, 5.74) is 2.71. The van der Waals surface area contributed by atoms with Crippen LogP contribution in [0.15, 0.2) is 36.4 Å². The number of fused-ring (bicyclic) bond motifs is 1. The fourth-order valence-electron chi connectivity index (χ4n) is 2.52. The van der Waals surface area contributed by atoms with Gasteiger partial charge in [0.1, 0.15) is 0 Å². The van der Waals surface area contributed by atoms with Gasteiger partial charge in [-0.15, -0.1) is 11.3 Å². The Kier molecular flexibility index (Phi) is 3.78. The van der Waals surface area contributed by atoms with E-state index in [2.05, 4.69) is 47.5 Å². The lowest BCUT2D eigenvalue weighted by Crippen LogP contribution is -2.35. The van der Waals surface area contributed by atoms with Crippen LogP contribution in [0, 0.1) is 0 Å². The van der Waals surface area contributed by atoms with Crippen molar-refractivity contribution in [3.8, 4) is 0 Å². The van der Waals surface area contributed by atoms with Crippen LogP contribution in [-0.4, -0.2) is 12.6 Å². The Morgan fingerprint density at radius 2 is 2.16 bits per heavy atom. The average Bonchev–Trinajstić information content (AvgIpc) is 2.74. The number of halogens is 1. The van der Waals surface area contributed by atoms with E-state index in [4.69, 9.17) is 11.6 Å². The molecule has 2 heterocycles. The first-order valence-electron chi connectivity index (χ1n) is 6.53. The molecule has 0 saturated carbocycles. The zero-order chi connectivity index (χ0) is 13.2. The molecule has 0 aliphatic carbocycles. The van der Waals surface area contributed by atoms with Crippen molar-refractivity contribution in [2.24, 2.45) is 0 Å². The number of nitrogens with one attached hydrogen (secondary N) is 1. The van der Waals surface area contributed by atoms with E-state index < -0.39 is 0 Å². The molecule has 1 aromatic heterocycles. The van der Waals surface area contributed by atoms with Crippen molar-refractivity contribution in [1.82, 2.24) is 5.32 Å². The van der Waals surface area contributed by atoms with Crippen LogP contribution in [-0.2, 0) is 13.1 Å². The van der Waals surface area contributed by atoms with Gasteiger partial charge in [-0.25, -0.2) is 0 Å². The Bertz CT molecular complexity index is 567. The van der Waals surface area contributed by atoms with Gasteiger partial charge in [-0.2, -0.15) is 0 Å². The van der Waals surface area contributed by atoms with E-state index in [9.17, 15) is 0 Å². The highest BCUT2D eigenvalue weighted by Gasteiger charge is 2.19. The Morgan fingerprint density at radius 3 is 2.95 bits per heavy atom. The van der Waals surface area contributed by atoms with Crippen molar-refractivity contribution in [3.63, 3.8) is 0 Å². The molecule has 0 radical (unpaired) electrons. The molecule has 3 rings (SSSR count). The second kappa shape index (κ2) is 5.53. The number of rotatable bonds is 2. The van der Waals surface area contributed by atoms with E-state index in [1.807, 2.05) is 6.07 Å². The van der Waals surface area contributed by atoms with Crippen molar-refractivity contribution in [1.29, 1.82) is 0 Å². The normalized spacial score (nSPS) is 19.1. The van der Waals surface area contributed by atoms with Crippen LogP contribution in [0.25, 0.3) is 0 Å². The largest absolute Gasteiger partial charge is 0.365 e. The summed E-state index contributed by atoms with van der Waals surface area (Å²) in [6.07, 6.45) is 0. The molecule has 19 heavy (non-hydrogen) atoms. The summed E-state index contributed by atoms with van der Waals surface area (Å²) in [5.74, 6) is 0. The number of nitrogens with zero attached hydrogens (tertiary/aromatic N) is 1. The van der Waals surface area contributed by atoms with Gasteiger partial charge >= 0.3 is 0 Å². The van der Waals surface area contributed by atoms with Gasteiger partial charge in [0, 0.05) is 29.7 Å². The van der Waals surface area contributed by atoms with Crippen molar-refractivity contribution in [2.75, 3.05) is 11.4 Å². The molecule has 0 spiro atoms. The summed E-state index contributed by atoms with van der Waals surface area (Å²) in [5, 5.41) is 3.56. The van der Waals surface area contributed by atoms with Crippen LogP contribution in [0.1, 0.15) is 17.4 Å². The van der Waals surface area contributed by atoms with Gasteiger partial charge in [0.15, 0.2) is 0 Å². The van der Waals surface area contributed by atoms with Crippen LogP contribution in [0.5, 0.6) is 0 Å². The fourth-order valence-corrected chi connectivity index (χ4v) is 3.62. The van der Waals surface area contributed by atoms with E-state index in [1.165, 1.54) is 16.1 Å². The molecule has 1 unspecified atom stereocenters. The van der Waals surface area contributed by atoms with Gasteiger partial charge in [-0.1, -0.05) is 29.8 Å². The van der Waals surface area contributed by atoms with E-state index in [0.29, 0.717) is 6.04 Å². The van der Waals surface area contributed by atoms with Crippen LogP contribution < -0.4 is 10.2 Å². The average molecular weight is 293 g/mol. The molecule has 1 aliphatic heterocycles. The summed E-state index contributed by atoms with van der Waals surface area (Å²) >= 11 is 7.69. The third-order valence-corrected chi connectivity index (χ3v) is 4.66. The third kappa shape index (κ3) is 2.94. The molecular formula is C15H17ClN2S. The monoisotopic (exact) mass is 292 g/mol. The van der Waals surface area contributed by atoms with Crippen molar-refractivity contribution in [3.05, 3.63) is 51.2 Å². The Balaban J connectivity index is 1.89. The number of benzene rings is 1. The van der Waals surface area contributed by atoms with Crippen LogP contribution in [0.3, 0.4) is 0 Å². The summed E-state index contributed by atoms with van der Waals surface area (Å²) < 4.78 is 0.865. The molecule has 4 heteroatoms. The van der Waals surface area contributed by atoms with Crippen LogP contribution in [0.2, 0.25) is 4.34 Å². The Hall–Kier alpha value is -1.03. The van der Waals surface area contributed by atoms with E-state index in [1.54, 1.807) is 11.3 Å². The molecule has 100 valence electrons. The minimum Gasteiger partial charge on any atom is -0.365 e.